The van der Waals surface area contributed by atoms with Crippen molar-refractivity contribution in [2.75, 3.05) is 6.54 Å². The second-order valence-electron chi connectivity index (χ2n) is 5.49. The van der Waals surface area contributed by atoms with E-state index in [1.165, 1.54) is 6.92 Å². The molecule has 0 aromatic heterocycles. The summed E-state index contributed by atoms with van der Waals surface area (Å²) < 4.78 is 0. The van der Waals surface area contributed by atoms with Crippen LogP contribution in [0, 0.1) is 0 Å². The maximum Gasteiger partial charge on any atom is 0.239 e. The van der Waals surface area contributed by atoms with Crippen molar-refractivity contribution in [3.05, 3.63) is 34.9 Å². The molecule has 1 aromatic rings. The van der Waals surface area contributed by atoms with Gasteiger partial charge in [0.2, 0.25) is 11.8 Å². The molecule has 0 spiro atoms. The molecular formula is C16H21ClN2O2. The summed E-state index contributed by atoms with van der Waals surface area (Å²) in [5, 5.41) is 3.53. The van der Waals surface area contributed by atoms with Gasteiger partial charge < -0.3 is 10.2 Å². The highest BCUT2D eigenvalue weighted by Gasteiger charge is 2.26. The van der Waals surface area contributed by atoms with E-state index in [4.69, 9.17) is 11.6 Å². The molecule has 0 aliphatic heterocycles. The Morgan fingerprint density at radius 3 is 2.43 bits per heavy atom. The minimum Gasteiger partial charge on any atom is -0.350 e. The summed E-state index contributed by atoms with van der Waals surface area (Å²) in [4.78, 5) is 25.4. The molecule has 1 aliphatic rings. The van der Waals surface area contributed by atoms with Gasteiger partial charge in [-0.15, -0.1) is 0 Å². The van der Waals surface area contributed by atoms with Crippen molar-refractivity contribution in [3.8, 4) is 0 Å². The number of amides is 2. The number of benzene rings is 1. The van der Waals surface area contributed by atoms with E-state index in [0.29, 0.717) is 11.6 Å². The van der Waals surface area contributed by atoms with E-state index in [1.54, 1.807) is 17.0 Å². The largest absolute Gasteiger partial charge is 0.350 e. The highest BCUT2D eigenvalue weighted by Crippen LogP contribution is 2.23. The Morgan fingerprint density at radius 1 is 1.24 bits per heavy atom. The number of hydrogen-bond acceptors (Lipinski definition) is 2. The molecule has 0 unspecified atom stereocenters. The Labute approximate surface area is 130 Å². The highest BCUT2D eigenvalue weighted by atomic mass is 35.5. The van der Waals surface area contributed by atoms with Gasteiger partial charge in [-0.2, -0.15) is 0 Å². The summed E-state index contributed by atoms with van der Waals surface area (Å²) in [5.41, 5.74) is 0.989. The lowest BCUT2D eigenvalue weighted by atomic mass is 10.2. The lowest BCUT2D eigenvalue weighted by molar-refractivity contribution is -0.136. The summed E-state index contributed by atoms with van der Waals surface area (Å²) in [7, 11) is 0. The van der Waals surface area contributed by atoms with Crippen LogP contribution in [0.25, 0.3) is 0 Å². The average Bonchev–Trinajstić information content (AvgIpc) is 2.97. The molecule has 0 bridgehead atoms. The van der Waals surface area contributed by atoms with Crippen LogP contribution in [-0.4, -0.2) is 29.3 Å². The molecule has 0 radical (unpaired) electrons. The first-order valence-electron chi connectivity index (χ1n) is 7.34. The van der Waals surface area contributed by atoms with Gasteiger partial charge in [-0.1, -0.05) is 36.6 Å². The molecule has 2 rings (SSSR count). The third kappa shape index (κ3) is 4.74. The zero-order valence-electron chi connectivity index (χ0n) is 12.3. The molecular weight excluding hydrogens is 288 g/mol. The van der Waals surface area contributed by atoms with Crippen molar-refractivity contribution in [2.45, 2.75) is 45.2 Å². The SMILES string of the molecule is CC(=O)N(CC(=O)NCc1ccc(Cl)cc1)C1CCCC1. The van der Waals surface area contributed by atoms with Gasteiger partial charge in [-0.25, -0.2) is 0 Å². The van der Waals surface area contributed by atoms with Gasteiger partial charge in [0.25, 0.3) is 0 Å². The van der Waals surface area contributed by atoms with Crippen LogP contribution in [0.2, 0.25) is 5.02 Å². The summed E-state index contributed by atoms with van der Waals surface area (Å²) in [6.07, 6.45) is 4.29. The number of hydrogen-bond donors (Lipinski definition) is 1. The number of nitrogens with one attached hydrogen (secondary N) is 1. The van der Waals surface area contributed by atoms with Crippen LogP contribution >= 0.6 is 11.6 Å². The van der Waals surface area contributed by atoms with E-state index in [0.717, 1.165) is 31.2 Å². The number of carbonyl (C=O) groups is 2. The summed E-state index contributed by atoms with van der Waals surface area (Å²) in [6.45, 7) is 2.13. The van der Waals surface area contributed by atoms with Gasteiger partial charge in [-0.3, -0.25) is 9.59 Å². The first-order valence-corrected chi connectivity index (χ1v) is 7.72. The van der Waals surface area contributed by atoms with E-state index < -0.39 is 0 Å². The zero-order chi connectivity index (χ0) is 15.2. The van der Waals surface area contributed by atoms with Gasteiger partial charge in [0, 0.05) is 24.5 Å². The quantitative estimate of drug-likeness (QED) is 0.909. The monoisotopic (exact) mass is 308 g/mol. The van der Waals surface area contributed by atoms with E-state index in [-0.39, 0.29) is 24.4 Å². The Kier molecular flexibility index (Phi) is 5.62. The first-order chi connectivity index (χ1) is 10.1. The van der Waals surface area contributed by atoms with E-state index >= 15 is 0 Å². The Balaban J connectivity index is 1.84. The molecule has 21 heavy (non-hydrogen) atoms. The Hall–Kier alpha value is -1.55. The van der Waals surface area contributed by atoms with Crippen molar-refractivity contribution >= 4 is 23.4 Å². The molecule has 1 saturated carbocycles. The van der Waals surface area contributed by atoms with E-state index in [9.17, 15) is 9.59 Å². The van der Waals surface area contributed by atoms with Crippen molar-refractivity contribution < 1.29 is 9.59 Å². The van der Waals surface area contributed by atoms with Gasteiger partial charge in [-0.05, 0) is 30.5 Å². The molecule has 1 N–H and O–H groups in total. The predicted octanol–water partition coefficient (Wildman–Crippen LogP) is 2.75. The van der Waals surface area contributed by atoms with E-state index in [1.807, 2.05) is 12.1 Å². The first kappa shape index (κ1) is 15.8. The fourth-order valence-electron chi connectivity index (χ4n) is 2.73. The second kappa shape index (κ2) is 7.46. The van der Waals surface area contributed by atoms with Gasteiger partial charge in [0.05, 0.1) is 6.54 Å². The molecule has 4 nitrogen and oxygen atoms in total. The maximum absolute atomic E-state index is 12.0. The van der Waals surface area contributed by atoms with Gasteiger partial charge in [0.15, 0.2) is 0 Å². The van der Waals surface area contributed by atoms with Gasteiger partial charge >= 0.3 is 0 Å². The van der Waals surface area contributed by atoms with Crippen LogP contribution in [0.15, 0.2) is 24.3 Å². The molecule has 0 saturated heterocycles. The third-order valence-electron chi connectivity index (χ3n) is 3.89. The second-order valence-corrected chi connectivity index (χ2v) is 5.92. The molecule has 1 aromatic carbocycles. The molecule has 0 heterocycles. The van der Waals surface area contributed by atoms with Crippen LogP contribution < -0.4 is 5.32 Å². The van der Waals surface area contributed by atoms with Crippen molar-refractivity contribution in [2.24, 2.45) is 0 Å². The van der Waals surface area contributed by atoms with Crippen molar-refractivity contribution in [1.29, 1.82) is 0 Å². The van der Waals surface area contributed by atoms with Crippen LogP contribution in [0.3, 0.4) is 0 Å². The lowest BCUT2D eigenvalue weighted by Crippen LogP contribution is -2.44. The zero-order valence-corrected chi connectivity index (χ0v) is 13.0. The van der Waals surface area contributed by atoms with Crippen LogP contribution in [0.5, 0.6) is 0 Å². The molecule has 5 heteroatoms. The third-order valence-corrected chi connectivity index (χ3v) is 4.14. The number of halogens is 1. The van der Waals surface area contributed by atoms with Crippen molar-refractivity contribution in [3.63, 3.8) is 0 Å². The Bertz CT molecular complexity index is 496. The fourth-order valence-corrected chi connectivity index (χ4v) is 2.85. The minimum atomic E-state index is -0.118. The molecule has 114 valence electrons. The predicted molar refractivity (Wildman–Crippen MR) is 82.9 cm³/mol. The topological polar surface area (TPSA) is 49.4 Å². The van der Waals surface area contributed by atoms with E-state index in [2.05, 4.69) is 5.32 Å². The Morgan fingerprint density at radius 2 is 1.86 bits per heavy atom. The highest BCUT2D eigenvalue weighted by molar-refractivity contribution is 6.30. The maximum atomic E-state index is 12.0. The summed E-state index contributed by atoms with van der Waals surface area (Å²) in [6, 6.07) is 7.57. The van der Waals surface area contributed by atoms with Crippen LogP contribution in [-0.2, 0) is 16.1 Å². The number of carbonyl (C=O) groups excluding carboxylic acids is 2. The molecule has 2 amide bonds. The van der Waals surface area contributed by atoms with Crippen molar-refractivity contribution in [1.82, 2.24) is 10.2 Å². The summed E-state index contributed by atoms with van der Waals surface area (Å²) in [5.74, 6) is -0.143. The average molecular weight is 309 g/mol. The van der Waals surface area contributed by atoms with Gasteiger partial charge in [0.1, 0.15) is 0 Å². The normalized spacial score (nSPS) is 15.0. The van der Waals surface area contributed by atoms with Crippen LogP contribution in [0.1, 0.15) is 38.2 Å². The smallest absolute Gasteiger partial charge is 0.239 e. The fraction of sp³-hybridized carbons (Fsp3) is 0.500. The molecule has 0 atom stereocenters. The lowest BCUT2D eigenvalue weighted by Gasteiger charge is -2.27. The summed E-state index contributed by atoms with van der Waals surface area (Å²) >= 11 is 5.82. The standard InChI is InChI=1S/C16H21ClN2O2/c1-12(20)19(15-4-2-3-5-15)11-16(21)18-10-13-6-8-14(17)9-7-13/h6-9,15H,2-5,10-11H2,1H3,(H,18,21). The number of nitrogens with zero attached hydrogens (tertiary/aromatic N) is 1. The van der Waals surface area contributed by atoms with Crippen LogP contribution in [0.4, 0.5) is 0 Å². The molecule has 1 fully saturated rings. The minimum absolute atomic E-state index is 0.0245. The molecule has 1 aliphatic carbocycles. The number of rotatable bonds is 5.